The number of halogens is 3. The Kier molecular flexibility index (Phi) is 9.41. The minimum absolute atomic E-state index is 0.150. The van der Waals surface area contributed by atoms with E-state index >= 15 is 0 Å². The van der Waals surface area contributed by atoms with Crippen molar-refractivity contribution in [3.8, 4) is 23.1 Å². The van der Waals surface area contributed by atoms with E-state index in [0.29, 0.717) is 47.7 Å². The van der Waals surface area contributed by atoms with Gasteiger partial charge in [-0.2, -0.15) is 18.3 Å². The third-order valence-electron chi connectivity index (χ3n) is 5.57. The van der Waals surface area contributed by atoms with E-state index in [1.54, 1.807) is 36.3 Å². The maximum atomic E-state index is 13.0. The smallest absolute Gasteiger partial charge is 0.490 e. The number of carbonyl (C=O) groups excluding carboxylic acids is 1. The number of hydrogen-bond donors (Lipinski definition) is 2. The number of carboxylic acid groups (broad SMARTS) is 1. The zero-order chi connectivity index (χ0) is 28.6. The molecule has 1 aliphatic heterocycles. The Morgan fingerprint density at radius 2 is 1.69 bits per heavy atom. The molecule has 3 aromatic rings. The average molecular weight is 550 g/mol. The summed E-state index contributed by atoms with van der Waals surface area (Å²) < 4.78 is 48.0. The zero-order valence-electron chi connectivity index (χ0n) is 20.9. The van der Waals surface area contributed by atoms with E-state index in [4.69, 9.17) is 29.8 Å². The number of likely N-dealkylation sites (tertiary alicyclic amines) is 1. The van der Waals surface area contributed by atoms with Gasteiger partial charge in [0.25, 0.3) is 5.91 Å². The number of carbonyl (C=O) groups is 2. The molecule has 1 fully saturated rings. The summed E-state index contributed by atoms with van der Waals surface area (Å²) >= 11 is 0. The first-order valence-corrected chi connectivity index (χ1v) is 11.4. The number of nitrogens with zero attached hydrogens (tertiary/aromatic N) is 5. The summed E-state index contributed by atoms with van der Waals surface area (Å²) in [5.41, 5.74) is 6.81. The normalized spacial score (nSPS) is 13.6. The predicted octanol–water partition coefficient (Wildman–Crippen LogP) is 3.31. The predicted molar refractivity (Wildman–Crippen MR) is 130 cm³/mol. The standard InChI is InChI=1S/C22H24N6O4.C2HF3O2/c1-30-18-11-17(24-13-19(18)32-15-3-6-21(31-2)25-12-15)22(29)28-9-7-14(8-10-28)16-4-5-20(23)27-26-16;3-2(4,5)1(6)7/h3-6,11-14H,7-10H2,1-2H3,(H2,23,27);(H,6,7). The monoisotopic (exact) mass is 550 g/mol. The van der Waals surface area contributed by atoms with Crippen LogP contribution in [0.2, 0.25) is 0 Å². The number of nitrogen functional groups attached to an aromatic ring is 1. The number of methoxy groups -OCH3 is 2. The number of carboxylic acids is 1. The Balaban J connectivity index is 0.000000532. The van der Waals surface area contributed by atoms with Gasteiger partial charge in [0, 0.05) is 31.1 Å². The molecule has 4 heterocycles. The summed E-state index contributed by atoms with van der Waals surface area (Å²) in [6.45, 7) is 1.21. The van der Waals surface area contributed by atoms with Crippen LogP contribution in [0, 0.1) is 0 Å². The lowest BCUT2D eigenvalue weighted by Gasteiger charge is -2.31. The number of rotatable bonds is 6. The van der Waals surface area contributed by atoms with E-state index in [1.807, 2.05) is 6.07 Å². The first kappa shape index (κ1) is 28.9. The van der Waals surface area contributed by atoms with Crippen molar-refractivity contribution in [1.82, 2.24) is 25.1 Å². The number of ether oxygens (including phenoxy) is 3. The van der Waals surface area contributed by atoms with Gasteiger partial charge in [-0.3, -0.25) is 4.79 Å². The fraction of sp³-hybridized carbons (Fsp3) is 0.333. The van der Waals surface area contributed by atoms with Gasteiger partial charge in [-0.1, -0.05) is 0 Å². The third kappa shape index (κ3) is 7.90. The first-order valence-electron chi connectivity index (χ1n) is 11.4. The molecule has 0 spiro atoms. The molecule has 208 valence electrons. The van der Waals surface area contributed by atoms with E-state index < -0.39 is 12.1 Å². The number of alkyl halides is 3. The molecule has 0 aliphatic carbocycles. The van der Waals surface area contributed by atoms with Gasteiger partial charge in [0.1, 0.15) is 17.3 Å². The number of aromatic nitrogens is 4. The lowest BCUT2D eigenvalue weighted by molar-refractivity contribution is -0.192. The topological polar surface area (TPSA) is 163 Å². The SMILES string of the molecule is COc1ccc(Oc2cnc(C(=O)N3CCC(c4ccc(N)nn4)CC3)cc2OC)cn1.O=C(O)C(F)(F)F. The molecule has 1 aliphatic rings. The Morgan fingerprint density at radius 3 is 2.21 bits per heavy atom. The minimum Gasteiger partial charge on any atom is -0.493 e. The highest BCUT2D eigenvalue weighted by molar-refractivity contribution is 5.93. The van der Waals surface area contributed by atoms with Gasteiger partial charge in [-0.25, -0.2) is 14.8 Å². The lowest BCUT2D eigenvalue weighted by atomic mass is 9.93. The van der Waals surface area contributed by atoms with Crippen molar-refractivity contribution < 1.29 is 42.1 Å². The minimum atomic E-state index is -5.08. The van der Waals surface area contributed by atoms with Gasteiger partial charge in [0.2, 0.25) is 5.88 Å². The molecule has 4 rings (SSSR count). The number of piperidine rings is 1. The van der Waals surface area contributed by atoms with Crippen molar-refractivity contribution in [3.63, 3.8) is 0 Å². The number of hydrogen-bond acceptors (Lipinski definition) is 10. The van der Waals surface area contributed by atoms with Crippen LogP contribution in [0.3, 0.4) is 0 Å². The quantitative estimate of drug-likeness (QED) is 0.463. The van der Waals surface area contributed by atoms with Gasteiger partial charge < -0.3 is 30.0 Å². The second kappa shape index (κ2) is 12.7. The number of pyridine rings is 2. The van der Waals surface area contributed by atoms with E-state index in [0.717, 1.165) is 18.5 Å². The van der Waals surface area contributed by atoms with Crippen molar-refractivity contribution in [3.05, 3.63) is 54.1 Å². The maximum absolute atomic E-state index is 13.0. The van der Waals surface area contributed by atoms with E-state index in [1.165, 1.54) is 19.5 Å². The Labute approximate surface area is 220 Å². The fourth-order valence-electron chi connectivity index (χ4n) is 3.56. The van der Waals surface area contributed by atoms with Gasteiger partial charge >= 0.3 is 12.1 Å². The average Bonchev–Trinajstić information content (AvgIpc) is 2.93. The first-order chi connectivity index (χ1) is 18.5. The van der Waals surface area contributed by atoms with Crippen LogP contribution in [-0.4, -0.2) is 75.5 Å². The summed E-state index contributed by atoms with van der Waals surface area (Å²) in [5, 5.41) is 15.2. The highest BCUT2D eigenvalue weighted by Crippen LogP contribution is 2.32. The fourth-order valence-corrected chi connectivity index (χ4v) is 3.56. The summed E-state index contributed by atoms with van der Waals surface area (Å²) in [6, 6.07) is 8.65. The number of nitrogens with two attached hydrogens (primary N) is 1. The van der Waals surface area contributed by atoms with Crippen LogP contribution in [0.1, 0.15) is 34.9 Å². The van der Waals surface area contributed by atoms with Crippen LogP contribution in [0.25, 0.3) is 0 Å². The number of aliphatic carboxylic acids is 1. The summed E-state index contributed by atoms with van der Waals surface area (Å²) in [6.07, 6.45) is -0.472. The molecule has 12 nitrogen and oxygen atoms in total. The molecule has 0 aromatic carbocycles. The Bertz CT molecular complexity index is 1270. The van der Waals surface area contributed by atoms with E-state index in [9.17, 15) is 18.0 Å². The molecule has 15 heteroatoms. The molecular weight excluding hydrogens is 525 g/mol. The molecule has 0 saturated carbocycles. The van der Waals surface area contributed by atoms with Crippen molar-refractivity contribution in [2.45, 2.75) is 24.9 Å². The lowest BCUT2D eigenvalue weighted by Crippen LogP contribution is -2.38. The second-order valence-corrected chi connectivity index (χ2v) is 8.11. The summed E-state index contributed by atoms with van der Waals surface area (Å²) in [7, 11) is 3.06. The summed E-state index contributed by atoms with van der Waals surface area (Å²) in [4.78, 5) is 32.1. The largest absolute Gasteiger partial charge is 0.493 e. The second-order valence-electron chi connectivity index (χ2n) is 8.11. The maximum Gasteiger partial charge on any atom is 0.490 e. The molecule has 39 heavy (non-hydrogen) atoms. The molecule has 3 aromatic heterocycles. The highest BCUT2D eigenvalue weighted by atomic mass is 19.4. The van der Waals surface area contributed by atoms with Gasteiger partial charge in [-0.05, 0) is 31.0 Å². The van der Waals surface area contributed by atoms with Gasteiger partial charge in [0.05, 0.1) is 32.3 Å². The molecule has 0 radical (unpaired) electrons. The number of anilines is 1. The Hall–Kier alpha value is -4.69. The Morgan fingerprint density at radius 1 is 1.00 bits per heavy atom. The molecule has 1 saturated heterocycles. The van der Waals surface area contributed by atoms with Crippen molar-refractivity contribution in [1.29, 1.82) is 0 Å². The van der Waals surface area contributed by atoms with Gasteiger partial charge in [0.15, 0.2) is 11.5 Å². The van der Waals surface area contributed by atoms with E-state index in [-0.39, 0.29) is 11.8 Å². The molecule has 0 atom stereocenters. The molecule has 0 bridgehead atoms. The third-order valence-corrected chi connectivity index (χ3v) is 5.57. The molecular formula is C24H25F3N6O6. The van der Waals surface area contributed by atoms with Crippen LogP contribution in [0.4, 0.5) is 19.0 Å². The zero-order valence-corrected chi connectivity index (χ0v) is 20.9. The van der Waals surface area contributed by atoms with Crippen LogP contribution < -0.4 is 19.9 Å². The molecule has 0 unspecified atom stereocenters. The van der Waals surface area contributed by atoms with Gasteiger partial charge in [-0.15, -0.1) is 5.10 Å². The summed E-state index contributed by atoms with van der Waals surface area (Å²) in [5.74, 6) is -0.479. The molecule has 3 N–H and O–H groups in total. The van der Waals surface area contributed by atoms with Crippen molar-refractivity contribution in [2.75, 3.05) is 33.0 Å². The van der Waals surface area contributed by atoms with Crippen molar-refractivity contribution in [2.24, 2.45) is 0 Å². The van der Waals surface area contributed by atoms with Crippen LogP contribution in [-0.2, 0) is 4.79 Å². The van der Waals surface area contributed by atoms with Crippen LogP contribution in [0.5, 0.6) is 23.1 Å². The number of amides is 1. The van der Waals surface area contributed by atoms with Crippen molar-refractivity contribution >= 4 is 17.7 Å². The van der Waals surface area contributed by atoms with Crippen LogP contribution in [0.15, 0.2) is 42.7 Å². The van der Waals surface area contributed by atoms with Crippen LogP contribution >= 0.6 is 0 Å². The highest BCUT2D eigenvalue weighted by Gasteiger charge is 2.38. The molecule has 1 amide bonds. The van der Waals surface area contributed by atoms with E-state index in [2.05, 4.69) is 20.2 Å².